The van der Waals surface area contributed by atoms with E-state index in [0.717, 1.165) is 16.0 Å². The zero-order chi connectivity index (χ0) is 13.2. The predicted octanol–water partition coefficient (Wildman–Crippen LogP) is 1.95. The van der Waals surface area contributed by atoms with Crippen LogP contribution in [0.4, 0.5) is 9.18 Å². The molecule has 2 aromatic rings. The number of carbonyl (C=O) groups is 2. The second kappa shape index (κ2) is 3.21. The van der Waals surface area contributed by atoms with Gasteiger partial charge in [0.1, 0.15) is 5.82 Å². The summed E-state index contributed by atoms with van der Waals surface area (Å²) in [5, 5.41) is 6.74. The van der Waals surface area contributed by atoms with Crippen molar-refractivity contribution in [1.29, 1.82) is 0 Å². The van der Waals surface area contributed by atoms with Crippen LogP contribution in [-0.2, 0) is 10.3 Å². The van der Waals surface area contributed by atoms with Crippen molar-refractivity contribution in [2.45, 2.75) is 5.54 Å². The summed E-state index contributed by atoms with van der Waals surface area (Å²) >= 11 is 1.38. The molecule has 1 aromatic heterocycles. The standard InChI is InChI=1S/C13H7FN2O2S/c14-6-1-2-7-8-3-4-19-10(8)13(9(7)5-6)11(17)15-12(18)16-13/h1-5H,(H2,15,16,17,18). The van der Waals surface area contributed by atoms with Crippen LogP contribution >= 0.6 is 11.3 Å². The molecule has 1 aliphatic heterocycles. The number of amides is 3. The van der Waals surface area contributed by atoms with Crippen LogP contribution in [0.25, 0.3) is 11.1 Å². The molecule has 0 bridgehead atoms. The number of hydrogen-bond acceptors (Lipinski definition) is 3. The SMILES string of the molecule is O=C1NC(=O)C2(N1)c1cc(F)ccc1-c1ccsc12. The number of halogens is 1. The van der Waals surface area contributed by atoms with Gasteiger partial charge in [-0.1, -0.05) is 6.07 Å². The van der Waals surface area contributed by atoms with Crippen LogP contribution < -0.4 is 10.6 Å². The molecule has 0 radical (unpaired) electrons. The molecule has 94 valence electrons. The lowest BCUT2D eigenvalue weighted by Crippen LogP contribution is -2.42. The van der Waals surface area contributed by atoms with E-state index < -0.39 is 23.3 Å². The van der Waals surface area contributed by atoms with Crippen LogP contribution in [0.1, 0.15) is 10.4 Å². The topological polar surface area (TPSA) is 58.2 Å². The zero-order valence-corrected chi connectivity index (χ0v) is 10.3. The molecule has 1 aromatic carbocycles. The highest BCUT2D eigenvalue weighted by atomic mass is 32.1. The number of imide groups is 1. The van der Waals surface area contributed by atoms with Gasteiger partial charge in [0.15, 0.2) is 5.54 Å². The summed E-state index contributed by atoms with van der Waals surface area (Å²) in [4.78, 5) is 24.5. The number of nitrogens with one attached hydrogen (secondary N) is 2. The summed E-state index contributed by atoms with van der Waals surface area (Å²) in [6.07, 6.45) is 0. The van der Waals surface area contributed by atoms with Crippen molar-refractivity contribution < 1.29 is 14.0 Å². The minimum absolute atomic E-state index is 0.428. The van der Waals surface area contributed by atoms with Crippen LogP contribution in [0.15, 0.2) is 29.6 Å². The Morgan fingerprint density at radius 1 is 1.16 bits per heavy atom. The van der Waals surface area contributed by atoms with E-state index in [0.29, 0.717) is 5.56 Å². The third kappa shape index (κ3) is 1.12. The number of urea groups is 1. The molecule has 3 amide bonds. The first-order chi connectivity index (χ1) is 9.13. The molecule has 2 heterocycles. The zero-order valence-electron chi connectivity index (χ0n) is 9.49. The highest BCUT2D eigenvalue weighted by Gasteiger charge is 2.55. The van der Waals surface area contributed by atoms with Crippen molar-refractivity contribution in [2.75, 3.05) is 0 Å². The van der Waals surface area contributed by atoms with Gasteiger partial charge in [0, 0.05) is 5.56 Å². The molecular weight excluding hydrogens is 267 g/mol. The Labute approximate surface area is 111 Å². The van der Waals surface area contributed by atoms with Gasteiger partial charge < -0.3 is 5.32 Å². The molecule has 19 heavy (non-hydrogen) atoms. The fraction of sp³-hybridized carbons (Fsp3) is 0.0769. The Morgan fingerprint density at radius 2 is 2.00 bits per heavy atom. The van der Waals surface area contributed by atoms with Gasteiger partial charge >= 0.3 is 6.03 Å². The molecule has 1 atom stereocenters. The monoisotopic (exact) mass is 274 g/mol. The molecule has 4 rings (SSSR count). The van der Waals surface area contributed by atoms with Crippen molar-refractivity contribution in [3.05, 3.63) is 45.9 Å². The maximum Gasteiger partial charge on any atom is 0.322 e. The first kappa shape index (κ1) is 10.7. The van der Waals surface area contributed by atoms with Crippen molar-refractivity contribution in [3.8, 4) is 11.1 Å². The Morgan fingerprint density at radius 3 is 2.74 bits per heavy atom. The third-order valence-electron chi connectivity index (χ3n) is 3.55. The summed E-state index contributed by atoms with van der Waals surface area (Å²) in [5.41, 5.74) is 0.892. The van der Waals surface area contributed by atoms with Crippen LogP contribution in [0.3, 0.4) is 0 Å². The molecule has 1 aliphatic carbocycles. The predicted molar refractivity (Wildman–Crippen MR) is 67.2 cm³/mol. The minimum Gasteiger partial charge on any atom is -0.315 e. The minimum atomic E-state index is -1.27. The largest absolute Gasteiger partial charge is 0.322 e. The molecule has 1 spiro atoms. The highest BCUT2D eigenvalue weighted by Crippen LogP contribution is 2.51. The van der Waals surface area contributed by atoms with Crippen LogP contribution in [0, 0.1) is 5.82 Å². The third-order valence-corrected chi connectivity index (χ3v) is 4.58. The summed E-state index contributed by atoms with van der Waals surface area (Å²) < 4.78 is 13.5. The van der Waals surface area contributed by atoms with Gasteiger partial charge in [0.25, 0.3) is 5.91 Å². The number of hydrogen-bond donors (Lipinski definition) is 2. The number of thiophene rings is 1. The average Bonchev–Trinajstić information content (AvgIpc) is 2.99. The van der Waals surface area contributed by atoms with Gasteiger partial charge in [-0.3, -0.25) is 10.1 Å². The molecule has 2 N–H and O–H groups in total. The van der Waals surface area contributed by atoms with Crippen LogP contribution in [0.2, 0.25) is 0 Å². The van der Waals surface area contributed by atoms with Crippen molar-refractivity contribution in [1.82, 2.24) is 10.6 Å². The number of rotatable bonds is 0. The van der Waals surface area contributed by atoms with E-state index in [1.165, 1.54) is 23.5 Å². The maximum absolute atomic E-state index is 13.5. The van der Waals surface area contributed by atoms with Gasteiger partial charge in [-0.25, -0.2) is 9.18 Å². The van der Waals surface area contributed by atoms with Crippen molar-refractivity contribution >= 4 is 23.3 Å². The molecule has 0 saturated carbocycles. The van der Waals surface area contributed by atoms with Crippen molar-refractivity contribution in [2.24, 2.45) is 0 Å². The summed E-state index contributed by atoms with van der Waals surface area (Å²) in [5.74, 6) is -0.882. The lowest BCUT2D eigenvalue weighted by Gasteiger charge is -2.21. The van der Waals surface area contributed by atoms with Gasteiger partial charge in [-0.05, 0) is 34.7 Å². The van der Waals surface area contributed by atoms with Gasteiger partial charge in [-0.15, -0.1) is 11.3 Å². The lowest BCUT2D eigenvalue weighted by molar-refractivity contribution is -0.122. The summed E-state index contributed by atoms with van der Waals surface area (Å²) in [7, 11) is 0. The molecule has 1 unspecified atom stereocenters. The first-order valence-corrected chi connectivity index (χ1v) is 6.53. The van der Waals surface area contributed by atoms with E-state index in [1.807, 2.05) is 11.4 Å². The van der Waals surface area contributed by atoms with Crippen molar-refractivity contribution in [3.63, 3.8) is 0 Å². The summed E-state index contributed by atoms with van der Waals surface area (Å²) in [6, 6.07) is 5.63. The smallest absolute Gasteiger partial charge is 0.315 e. The summed E-state index contributed by atoms with van der Waals surface area (Å²) in [6.45, 7) is 0. The van der Waals surface area contributed by atoms with E-state index in [4.69, 9.17) is 0 Å². The maximum atomic E-state index is 13.5. The van der Waals surface area contributed by atoms with E-state index in [-0.39, 0.29) is 0 Å². The first-order valence-electron chi connectivity index (χ1n) is 5.65. The fourth-order valence-electron chi connectivity index (χ4n) is 2.80. The van der Waals surface area contributed by atoms with E-state index >= 15 is 0 Å². The van der Waals surface area contributed by atoms with E-state index in [1.54, 1.807) is 6.07 Å². The number of benzene rings is 1. The molecule has 2 aliphatic rings. The van der Waals surface area contributed by atoms with Gasteiger partial charge in [-0.2, -0.15) is 0 Å². The highest BCUT2D eigenvalue weighted by molar-refractivity contribution is 7.11. The fourth-order valence-corrected chi connectivity index (χ4v) is 3.88. The number of fused-ring (bicyclic) bond motifs is 5. The molecular formula is C13H7FN2O2S. The van der Waals surface area contributed by atoms with E-state index in [2.05, 4.69) is 10.6 Å². The molecule has 1 saturated heterocycles. The Balaban J connectivity index is 2.11. The number of carbonyl (C=O) groups excluding carboxylic acids is 2. The second-order valence-electron chi connectivity index (χ2n) is 4.51. The quantitative estimate of drug-likeness (QED) is 0.721. The Kier molecular flexibility index (Phi) is 1.81. The van der Waals surface area contributed by atoms with E-state index in [9.17, 15) is 14.0 Å². The van der Waals surface area contributed by atoms with Gasteiger partial charge in [0.2, 0.25) is 0 Å². The molecule has 1 fully saturated rings. The van der Waals surface area contributed by atoms with Crippen LogP contribution in [-0.4, -0.2) is 11.9 Å². The Bertz CT molecular complexity index is 755. The molecule has 4 nitrogen and oxygen atoms in total. The average molecular weight is 274 g/mol. The Hall–Kier alpha value is -2.21. The van der Waals surface area contributed by atoms with Crippen LogP contribution in [0.5, 0.6) is 0 Å². The lowest BCUT2D eigenvalue weighted by atomic mass is 9.92. The normalized spacial score (nSPS) is 23.2. The second-order valence-corrected chi connectivity index (χ2v) is 5.43. The molecule has 6 heteroatoms. The van der Waals surface area contributed by atoms with Gasteiger partial charge in [0.05, 0.1) is 4.88 Å².